The average Bonchev–Trinajstić information content (AvgIpc) is 2.49. The molecule has 0 aliphatic carbocycles. The van der Waals surface area contributed by atoms with Gasteiger partial charge in [0.15, 0.2) is 0 Å². The van der Waals surface area contributed by atoms with E-state index in [9.17, 15) is 9.18 Å². The van der Waals surface area contributed by atoms with Gasteiger partial charge in [-0.2, -0.15) is 0 Å². The molecule has 1 amide bonds. The molecule has 0 bridgehead atoms. The summed E-state index contributed by atoms with van der Waals surface area (Å²) in [5, 5.41) is 6.16. The third-order valence-electron chi connectivity index (χ3n) is 4.29. The highest BCUT2D eigenvalue weighted by Crippen LogP contribution is 2.24. The number of ether oxygens (including phenoxy) is 1. The Morgan fingerprint density at radius 2 is 1.96 bits per heavy atom. The van der Waals surface area contributed by atoms with Gasteiger partial charge in [-0.1, -0.05) is 18.2 Å². The molecule has 24 heavy (non-hydrogen) atoms. The first-order valence-electron chi connectivity index (χ1n) is 7.80. The minimum Gasteiger partial charge on any atom is -0.379 e. The van der Waals surface area contributed by atoms with Gasteiger partial charge in [0.25, 0.3) is 0 Å². The predicted octanol–water partition coefficient (Wildman–Crippen LogP) is 1.38. The van der Waals surface area contributed by atoms with E-state index in [1.165, 1.54) is 6.07 Å². The van der Waals surface area contributed by atoms with Gasteiger partial charge in [0.05, 0.1) is 13.2 Å². The summed E-state index contributed by atoms with van der Waals surface area (Å²) >= 11 is 0. The summed E-state index contributed by atoms with van der Waals surface area (Å²) in [5.41, 5.74) is 0.439. The molecule has 1 atom stereocenters. The lowest BCUT2D eigenvalue weighted by molar-refractivity contribution is -0.128. The van der Waals surface area contributed by atoms with Crippen molar-refractivity contribution in [1.82, 2.24) is 15.5 Å². The van der Waals surface area contributed by atoms with Gasteiger partial charge in [-0.05, 0) is 6.07 Å². The van der Waals surface area contributed by atoms with Crippen molar-refractivity contribution in [2.45, 2.75) is 6.04 Å². The molecule has 2 N–H and O–H groups in total. The fourth-order valence-electron chi connectivity index (χ4n) is 2.87. The number of nitrogens with zero attached hydrogens (tertiary/aromatic N) is 1. The van der Waals surface area contributed by atoms with Gasteiger partial charge in [-0.25, -0.2) is 4.39 Å². The molecule has 3 rings (SSSR count). The first kappa shape index (κ1) is 21.1. The van der Waals surface area contributed by atoms with Crippen molar-refractivity contribution in [3.05, 3.63) is 35.6 Å². The molecule has 2 aliphatic heterocycles. The van der Waals surface area contributed by atoms with Crippen LogP contribution in [0.3, 0.4) is 0 Å². The molecular formula is C16H24Cl2FN3O2. The highest BCUT2D eigenvalue weighted by Gasteiger charge is 2.31. The van der Waals surface area contributed by atoms with Crippen molar-refractivity contribution >= 4 is 30.7 Å². The number of rotatable bonds is 5. The Balaban J connectivity index is 0.00000144. The molecular weight excluding hydrogens is 356 g/mol. The number of morpholine rings is 1. The minimum absolute atomic E-state index is 0. The van der Waals surface area contributed by atoms with Gasteiger partial charge in [0, 0.05) is 44.2 Å². The van der Waals surface area contributed by atoms with Crippen LogP contribution < -0.4 is 10.6 Å². The predicted molar refractivity (Wildman–Crippen MR) is 95.4 cm³/mol. The summed E-state index contributed by atoms with van der Waals surface area (Å²) in [4.78, 5) is 14.7. The molecule has 0 spiro atoms. The second-order valence-electron chi connectivity index (χ2n) is 5.84. The standard InChI is InChI=1S/C16H22FN3O2.2ClH/c17-14-4-2-1-3-13(14)15(20-5-7-22-8-6-20)16(21)19-11-12-9-18-10-12;;/h1-4,12,15,18H,5-11H2,(H,19,21);2*1H. The van der Waals surface area contributed by atoms with Crippen molar-refractivity contribution in [2.75, 3.05) is 45.9 Å². The number of halogens is 3. The lowest BCUT2D eigenvalue weighted by atomic mass is 10.0. The first-order chi connectivity index (χ1) is 10.8. The second-order valence-corrected chi connectivity index (χ2v) is 5.84. The van der Waals surface area contributed by atoms with E-state index in [1.54, 1.807) is 18.2 Å². The van der Waals surface area contributed by atoms with Gasteiger partial charge in [0.2, 0.25) is 5.91 Å². The molecule has 2 saturated heterocycles. The molecule has 5 nitrogen and oxygen atoms in total. The van der Waals surface area contributed by atoms with E-state index in [2.05, 4.69) is 10.6 Å². The van der Waals surface area contributed by atoms with Gasteiger partial charge >= 0.3 is 0 Å². The second kappa shape index (κ2) is 10.2. The molecule has 0 radical (unpaired) electrons. The number of benzene rings is 1. The van der Waals surface area contributed by atoms with Crippen molar-refractivity contribution in [3.8, 4) is 0 Å². The van der Waals surface area contributed by atoms with Crippen molar-refractivity contribution in [3.63, 3.8) is 0 Å². The molecule has 0 saturated carbocycles. The van der Waals surface area contributed by atoms with Gasteiger partial charge in [-0.15, -0.1) is 24.8 Å². The van der Waals surface area contributed by atoms with Crippen LogP contribution in [-0.4, -0.2) is 56.7 Å². The van der Waals surface area contributed by atoms with E-state index in [0.717, 1.165) is 13.1 Å². The Morgan fingerprint density at radius 1 is 1.29 bits per heavy atom. The molecule has 1 aromatic carbocycles. The summed E-state index contributed by atoms with van der Waals surface area (Å²) in [7, 11) is 0. The molecule has 0 aromatic heterocycles. The van der Waals surface area contributed by atoms with Crippen molar-refractivity contribution in [2.24, 2.45) is 5.92 Å². The lowest BCUT2D eigenvalue weighted by Gasteiger charge is -2.35. The third-order valence-corrected chi connectivity index (χ3v) is 4.29. The molecule has 136 valence electrons. The molecule has 2 fully saturated rings. The van der Waals surface area contributed by atoms with Crippen LogP contribution in [-0.2, 0) is 9.53 Å². The van der Waals surface area contributed by atoms with E-state index in [1.807, 2.05) is 4.90 Å². The van der Waals surface area contributed by atoms with Crippen LogP contribution in [0.5, 0.6) is 0 Å². The molecule has 8 heteroatoms. The summed E-state index contributed by atoms with van der Waals surface area (Å²) in [6.07, 6.45) is 0. The fourth-order valence-corrected chi connectivity index (χ4v) is 2.87. The smallest absolute Gasteiger partial charge is 0.242 e. The molecule has 2 aliphatic rings. The van der Waals surface area contributed by atoms with Gasteiger partial charge in [0.1, 0.15) is 11.9 Å². The zero-order valence-corrected chi connectivity index (χ0v) is 15.0. The van der Waals surface area contributed by atoms with Crippen LogP contribution in [0.1, 0.15) is 11.6 Å². The number of hydrogen-bond donors (Lipinski definition) is 2. The fraction of sp³-hybridized carbons (Fsp3) is 0.562. The minimum atomic E-state index is -0.585. The maximum atomic E-state index is 14.2. The summed E-state index contributed by atoms with van der Waals surface area (Å²) in [5.74, 6) is 0.0215. The van der Waals surface area contributed by atoms with Gasteiger partial charge < -0.3 is 15.4 Å². The topological polar surface area (TPSA) is 53.6 Å². The summed E-state index contributed by atoms with van der Waals surface area (Å²) < 4.78 is 19.5. The van der Waals surface area contributed by atoms with Crippen LogP contribution in [0.15, 0.2) is 24.3 Å². The Morgan fingerprint density at radius 3 is 2.54 bits per heavy atom. The summed E-state index contributed by atoms with van der Waals surface area (Å²) in [6.45, 7) is 4.93. The largest absolute Gasteiger partial charge is 0.379 e. The monoisotopic (exact) mass is 379 g/mol. The zero-order chi connectivity index (χ0) is 15.4. The van der Waals surface area contributed by atoms with E-state index in [0.29, 0.717) is 44.3 Å². The Bertz CT molecular complexity index is 526. The van der Waals surface area contributed by atoms with E-state index < -0.39 is 6.04 Å². The van der Waals surface area contributed by atoms with Crippen molar-refractivity contribution in [1.29, 1.82) is 0 Å². The highest BCUT2D eigenvalue weighted by molar-refractivity contribution is 5.85. The van der Waals surface area contributed by atoms with Gasteiger partial charge in [-0.3, -0.25) is 9.69 Å². The molecule has 2 heterocycles. The number of hydrogen-bond acceptors (Lipinski definition) is 4. The maximum absolute atomic E-state index is 14.2. The maximum Gasteiger partial charge on any atom is 0.242 e. The molecule has 1 aromatic rings. The van der Waals surface area contributed by atoms with Crippen molar-refractivity contribution < 1.29 is 13.9 Å². The number of carbonyl (C=O) groups excluding carboxylic acids is 1. The quantitative estimate of drug-likeness (QED) is 0.811. The Labute approximate surface area is 154 Å². The Hall–Kier alpha value is -0.920. The van der Waals surface area contributed by atoms with Crippen LogP contribution in [0.2, 0.25) is 0 Å². The van der Waals surface area contributed by atoms with Crippen LogP contribution in [0.25, 0.3) is 0 Å². The van der Waals surface area contributed by atoms with Crippen LogP contribution in [0.4, 0.5) is 4.39 Å². The SMILES string of the molecule is Cl.Cl.O=C(NCC1CNC1)C(c1ccccc1F)N1CCOCC1. The zero-order valence-electron chi connectivity index (χ0n) is 13.4. The van der Waals surface area contributed by atoms with Crippen LogP contribution in [0, 0.1) is 11.7 Å². The highest BCUT2D eigenvalue weighted by atomic mass is 35.5. The first-order valence-corrected chi connectivity index (χ1v) is 7.80. The average molecular weight is 380 g/mol. The number of nitrogens with one attached hydrogen (secondary N) is 2. The third kappa shape index (κ3) is 5.04. The lowest BCUT2D eigenvalue weighted by Crippen LogP contribution is -2.51. The number of amides is 1. The van der Waals surface area contributed by atoms with Crippen LogP contribution >= 0.6 is 24.8 Å². The Kier molecular flexibility index (Phi) is 8.94. The van der Waals surface area contributed by atoms with E-state index >= 15 is 0 Å². The number of carbonyl (C=O) groups is 1. The normalized spacial score (nSPS) is 19.4. The summed E-state index contributed by atoms with van der Waals surface area (Å²) in [6, 6.07) is 5.94. The molecule has 1 unspecified atom stereocenters. The van der Waals surface area contributed by atoms with E-state index in [-0.39, 0.29) is 36.5 Å². The van der Waals surface area contributed by atoms with E-state index in [4.69, 9.17) is 4.74 Å².